The van der Waals surface area contributed by atoms with Gasteiger partial charge in [-0.05, 0) is 44.4 Å². The van der Waals surface area contributed by atoms with Gasteiger partial charge in [0.2, 0.25) is 0 Å². The molecule has 0 bridgehead atoms. The van der Waals surface area contributed by atoms with E-state index in [9.17, 15) is 14.3 Å². The van der Waals surface area contributed by atoms with Crippen LogP contribution in [0.15, 0.2) is 28.7 Å². The number of benzene rings is 1. The smallest absolute Gasteiger partial charge is 0.335 e. The van der Waals surface area contributed by atoms with E-state index in [-0.39, 0.29) is 5.57 Å². The van der Waals surface area contributed by atoms with Gasteiger partial charge in [0.15, 0.2) is 6.10 Å². The Balaban J connectivity index is 2.51. The van der Waals surface area contributed by atoms with Crippen LogP contribution < -0.4 is 4.74 Å². The van der Waals surface area contributed by atoms with E-state index < -0.39 is 17.7 Å². The maximum Gasteiger partial charge on any atom is 0.335 e. The van der Waals surface area contributed by atoms with Crippen LogP contribution in [0.3, 0.4) is 0 Å². The van der Waals surface area contributed by atoms with Gasteiger partial charge in [-0.15, -0.1) is 11.8 Å². The van der Waals surface area contributed by atoms with Crippen LogP contribution in [-0.4, -0.2) is 29.1 Å². The monoisotopic (exact) mass is 282 g/mol. The van der Waals surface area contributed by atoms with E-state index >= 15 is 0 Å². The van der Waals surface area contributed by atoms with Gasteiger partial charge in [-0.25, -0.2) is 9.18 Å². The van der Waals surface area contributed by atoms with Gasteiger partial charge in [-0.2, -0.15) is 0 Å². The Hall–Kier alpha value is -1.49. The number of carboxylic acid groups (broad SMARTS) is 1. The fourth-order valence-corrected chi connectivity index (χ4v) is 2.44. The molecule has 1 heterocycles. The predicted octanol–water partition coefficient (Wildman–Crippen LogP) is 3.39. The van der Waals surface area contributed by atoms with Crippen LogP contribution in [0.4, 0.5) is 4.39 Å². The normalized spacial score (nSPS) is 18.3. The molecule has 1 aromatic rings. The maximum absolute atomic E-state index is 14.1. The Morgan fingerprint density at radius 1 is 1.47 bits per heavy atom. The molecule has 0 spiro atoms. The minimum absolute atomic E-state index is 0.0572. The number of rotatable bonds is 3. The molecule has 0 amide bonds. The van der Waals surface area contributed by atoms with Gasteiger partial charge in [-0.1, -0.05) is 0 Å². The molecule has 2 rings (SSSR count). The van der Waals surface area contributed by atoms with Crippen LogP contribution >= 0.6 is 11.8 Å². The quantitative estimate of drug-likeness (QED) is 0.863. The molecule has 0 aliphatic carbocycles. The molecule has 1 unspecified atom stereocenters. The molecule has 1 N–H and O–H groups in total. The zero-order chi connectivity index (χ0) is 14.2. The van der Waals surface area contributed by atoms with Gasteiger partial charge in [0.05, 0.1) is 5.57 Å². The fraction of sp³-hybridized carbons (Fsp3) is 0.357. The number of carbonyl (C=O) groups is 1. The standard InChI is InChI=1S/C14H15FO3S/c1-14(2,15)12-10(13(16)17)7-8-6-9(19-3)4-5-11(8)18-12/h4-7,12H,1-3H3,(H,16,17). The highest BCUT2D eigenvalue weighted by atomic mass is 32.2. The molecule has 0 radical (unpaired) electrons. The van der Waals surface area contributed by atoms with E-state index in [1.54, 1.807) is 17.8 Å². The Kier molecular flexibility index (Phi) is 3.58. The van der Waals surface area contributed by atoms with E-state index in [1.165, 1.54) is 19.9 Å². The van der Waals surface area contributed by atoms with Crippen molar-refractivity contribution < 1.29 is 19.0 Å². The minimum Gasteiger partial charge on any atom is -0.481 e. The summed E-state index contributed by atoms with van der Waals surface area (Å²) in [5.41, 5.74) is -1.15. The summed E-state index contributed by atoms with van der Waals surface area (Å²) in [6.07, 6.45) is 2.32. The van der Waals surface area contributed by atoms with Crippen molar-refractivity contribution in [1.82, 2.24) is 0 Å². The van der Waals surface area contributed by atoms with Crippen molar-refractivity contribution in [2.24, 2.45) is 0 Å². The second kappa shape index (κ2) is 4.89. The van der Waals surface area contributed by atoms with Crippen LogP contribution in [0, 0.1) is 0 Å². The van der Waals surface area contributed by atoms with Gasteiger partial charge in [-0.3, -0.25) is 0 Å². The van der Waals surface area contributed by atoms with Crippen molar-refractivity contribution in [2.45, 2.75) is 30.5 Å². The van der Waals surface area contributed by atoms with E-state index in [0.717, 1.165) is 4.90 Å². The average molecular weight is 282 g/mol. The number of halogens is 1. The highest BCUT2D eigenvalue weighted by Gasteiger charge is 2.40. The number of fused-ring (bicyclic) bond motifs is 1. The number of ether oxygens (including phenoxy) is 1. The van der Waals surface area contributed by atoms with Crippen LogP contribution in [0.1, 0.15) is 19.4 Å². The molecule has 19 heavy (non-hydrogen) atoms. The molecule has 3 nitrogen and oxygen atoms in total. The number of thioether (sulfide) groups is 1. The molecular formula is C14H15FO3S. The molecule has 1 aromatic carbocycles. The van der Waals surface area contributed by atoms with E-state index in [4.69, 9.17) is 4.74 Å². The first-order valence-corrected chi connectivity index (χ1v) is 7.04. The molecule has 0 fully saturated rings. The van der Waals surface area contributed by atoms with Crippen LogP contribution in [-0.2, 0) is 4.79 Å². The molecule has 1 aliphatic heterocycles. The first-order chi connectivity index (χ1) is 8.82. The van der Waals surface area contributed by atoms with Crippen LogP contribution in [0.2, 0.25) is 0 Å². The minimum atomic E-state index is -1.76. The number of aliphatic carboxylic acids is 1. The lowest BCUT2D eigenvalue weighted by atomic mass is 9.92. The summed E-state index contributed by atoms with van der Waals surface area (Å²) in [7, 11) is 0. The third kappa shape index (κ3) is 2.76. The lowest BCUT2D eigenvalue weighted by Gasteiger charge is -2.32. The SMILES string of the molecule is CSc1ccc2c(c1)C=C(C(=O)O)C(C(C)(C)F)O2. The Morgan fingerprint density at radius 2 is 2.16 bits per heavy atom. The lowest BCUT2D eigenvalue weighted by molar-refractivity contribution is -0.134. The topological polar surface area (TPSA) is 46.5 Å². The van der Waals surface area contributed by atoms with Gasteiger partial charge < -0.3 is 9.84 Å². The van der Waals surface area contributed by atoms with Crippen LogP contribution in [0.25, 0.3) is 6.08 Å². The summed E-state index contributed by atoms with van der Waals surface area (Å²) in [5, 5.41) is 9.20. The zero-order valence-electron chi connectivity index (χ0n) is 10.9. The molecule has 102 valence electrons. The third-order valence-electron chi connectivity index (χ3n) is 2.93. The van der Waals surface area contributed by atoms with Crippen molar-refractivity contribution >= 4 is 23.8 Å². The first kappa shape index (κ1) is 13.9. The number of carboxylic acids is 1. The second-order valence-corrected chi connectivity index (χ2v) is 5.75. The highest BCUT2D eigenvalue weighted by molar-refractivity contribution is 7.98. The Labute approximate surface area is 115 Å². The second-order valence-electron chi connectivity index (χ2n) is 4.87. The third-order valence-corrected chi connectivity index (χ3v) is 3.65. The van der Waals surface area contributed by atoms with Crippen LogP contribution in [0.5, 0.6) is 5.75 Å². The van der Waals surface area contributed by atoms with Crippen molar-refractivity contribution in [3.8, 4) is 5.75 Å². The number of hydrogen-bond acceptors (Lipinski definition) is 3. The number of hydrogen-bond donors (Lipinski definition) is 1. The summed E-state index contributed by atoms with van der Waals surface area (Å²) in [6.45, 7) is 2.63. The predicted molar refractivity (Wildman–Crippen MR) is 73.4 cm³/mol. The molecule has 0 saturated heterocycles. The summed E-state index contributed by atoms with van der Waals surface area (Å²) in [5.74, 6) is -0.644. The van der Waals surface area contributed by atoms with Gasteiger partial charge in [0.25, 0.3) is 0 Å². The zero-order valence-corrected chi connectivity index (χ0v) is 11.8. The van der Waals surface area contributed by atoms with Crippen molar-refractivity contribution in [1.29, 1.82) is 0 Å². The summed E-state index contributed by atoms with van der Waals surface area (Å²) in [4.78, 5) is 12.3. The Bertz CT molecular complexity index is 546. The van der Waals surface area contributed by atoms with Crippen molar-refractivity contribution in [3.63, 3.8) is 0 Å². The molecule has 0 saturated carbocycles. The molecular weight excluding hydrogens is 267 g/mol. The lowest BCUT2D eigenvalue weighted by Crippen LogP contribution is -2.42. The average Bonchev–Trinajstić information content (AvgIpc) is 2.35. The first-order valence-electron chi connectivity index (χ1n) is 5.81. The molecule has 1 aliphatic rings. The fourth-order valence-electron chi connectivity index (χ4n) is 1.99. The van der Waals surface area contributed by atoms with Gasteiger partial charge in [0.1, 0.15) is 11.4 Å². The Morgan fingerprint density at radius 3 is 2.68 bits per heavy atom. The van der Waals surface area contributed by atoms with Gasteiger partial charge >= 0.3 is 5.97 Å². The van der Waals surface area contributed by atoms with Crippen molar-refractivity contribution in [2.75, 3.05) is 6.26 Å². The van der Waals surface area contributed by atoms with E-state index in [0.29, 0.717) is 11.3 Å². The van der Waals surface area contributed by atoms with E-state index in [2.05, 4.69) is 0 Å². The largest absolute Gasteiger partial charge is 0.481 e. The summed E-state index contributed by atoms with van der Waals surface area (Å²) < 4.78 is 19.6. The van der Waals surface area contributed by atoms with E-state index in [1.807, 2.05) is 18.4 Å². The molecule has 1 atom stereocenters. The summed E-state index contributed by atoms with van der Waals surface area (Å²) in [6, 6.07) is 5.45. The molecule has 5 heteroatoms. The maximum atomic E-state index is 14.1. The van der Waals surface area contributed by atoms with Crippen molar-refractivity contribution in [3.05, 3.63) is 29.3 Å². The molecule has 0 aromatic heterocycles. The van der Waals surface area contributed by atoms with Gasteiger partial charge in [0, 0.05) is 10.5 Å². The highest BCUT2D eigenvalue weighted by Crippen LogP contribution is 2.37. The number of alkyl halides is 1. The summed E-state index contributed by atoms with van der Waals surface area (Å²) >= 11 is 1.55.